The summed E-state index contributed by atoms with van der Waals surface area (Å²) in [5, 5.41) is 0. The second-order valence-electron chi connectivity index (χ2n) is 7.24. The monoisotopic (exact) mass is 435 g/mol. The van der Waals surface area contributed by atoms with Crippen molar-refractivity contribution >= 4 is 17.7 Å². The number of amides is 3. The van der Waals surface area contributed by atoms with Crippen molar-refractivity contribution < 1.29 is 32.3 Å². The number of carbonyl (C=O) groups is 3. The van der Waals surface area contributed by atoms with Crippen LogP contribution in [-0.2, 0) is 4.79 Å². The molecule has 1 saturated heterocycles. The summed E-state index contributed by atoms with van der Waals surface area (Å²) in [7, 11) is 0. The van der Waals surface area contributed by atoms with Gasteiger partial charge in [0, 0.05) is 13.1 Å². The average molecular weight is 435 g/mol. The Bertz CT molecular complexity index is 976. The zero-order chi connectivity index (χ0) is 22.5. The first-order valence-corrected chi connectivity index (χ1v) is 9.76. The van der Waals surface area contributed by atoms with E-state index in [0.29, 0.717) is 36.5 Å². The van der Waals surface area contributed by atoms with Crippen LogP contribution in [0.15, 0.2) is 34.7 Å². The van der Waals surface area contributed by atoms with Gasteiger partial charge < -0.3 is 14.1 Å². The largest absolute Gasteiger partial charge is 0.466 e. The lowest BCUT2D eigenvalue weighted by Gasteiger charge is -2.32. The van der Waals surface area contributed by atoms with Gasteiger partial charge in [-0.25, -0.2) is 0 Å². The quantitative estimate of drug-likeness (QED) is 0.704. The average Bonchev–Trinajstić information content (AvgIpc) is 3.09. The van der Waals surface area contributed by atoms with Crippen molar-refractivity contribution in [2.24, 2.45) is 5.92 Å². The van der Waals surface area contributed by atoms with Gasteiger partial charge in [0.1, 0.15) is 17.3 Å². The summed E-state index contributed by atoms with van der Waals surface area (Å²) in [5.41, 5.74) is 5.05. The molecular formula is C21H23F2N3O5. The number of hydrogen-bond acceptors (Lipinski definition) is 5. The SMILES string of the molecule is Cc1cc(C(=O)NNC(=O)C2CCCN(C(=O)c3ccccc3OC(F)F)C2)c(C)o1. The van der Waals surface area contributed by atoms with Crippen molar-refractivity contribution in [1.82, 2.24) is 15.8 Å². The van der Waals surface area contributed by atoms with E-state index in [2.05, 4.69) is 15.6 Å². The number of aryl methyl sites for hydroxylation is 2. The van der Waals surface area contributed by atoms with E-state index < -0.39 is 30.3 Å². The maximum absolute atomic E-state index is 12.9. The van der Waals surface area contributed by atoms with Gasteiger partial charge in [-0.15, -0.1) is 0 Å². The smallest absolute Gasteiger partial charge is 0.387 e. The molecule has 0 radical (unpaired) electrons. The van der Waals surface area contributed by atoms with Crippen LogP contribution < -0.4 is 15.6 Å². The van der Waals surface area contributed by atoms with Crippen LogP contribution in [0.1, 0.15) is 45.1 Å². The van der Waals surface area contributed by atoms with Crippen LogP contribution in [0.4, 0.5) is 8.78 Å². The standard InChI is InChI=1S/C21H23F2N3O5/c1-12-10-16(13(2)30-12)19(28)25-24-18(27)14-6-5-9-26(11-14)20(29)15-7-3-4-8-17(15)31-21(22)23/h3-4,7-8,10,14,21H,5-6,9,11H2,1-2H3,(H,24,27)(H,25,28). The zero-order valence-electron chi connectivity index (χ0n) is 17.1. The van der Waals surface area contributed by atoms with E-state index in [4.69, 9.17) is 4.42 Å². The number of benzene rings is 1. The predicted molar refractivity (Wildman–Crippen MR) is 105 cm³/mol. The van der Waals surface area contributed by atoms with Gasteiger partial charge >= 0.3 is 6.61 Å². The van der Waals surface area contributed by atoms with Crippen LogP contribution in [0.2, 0.25) is 0 Å². The van der Waals surface area contributed by atoms with Gasteiger partial charge in [-0.05, 0) is 44.9 Å². The fraction of sp³-hybridized carbons (Fsp3) is 0.381. The first-order chi connectivity index (χ1) is 14.8. The molecule has 2 heterocycles. The zero-order valence-corrected chi connectivity index (χ0v) is 17.1. The number of furan rings is 1. The number of halogens is 2. The molecule has 8 nitrogen and oxygen atoms in total. The topological polar surface area (TPSA) is 101 Å². The molecule has 1 aliphatic rings. The second-order valence-corrected chi connectivity index (χ2v) is 7.24. The molecule has 1 unspecified atom stereocenters. The number of rotatable bonds is 5. The molecule has 3 rings (SSSR count). The number of nitrogens with zero attached hydrogens (tertiary/aromatic N) is 1. The number of nitrogens with one attached hydrogen (secondary N) is 2. The normalized spacial score (nSPS) is 16.2. The van der Waals surface area contributed by atoms with E-state index in [-0.39, 0.29) is 17.9 Å². The molecule has 2 N–H and O–H groups in total. The predicted octanol–water partition coefficient (Wildman–Crippen LogP) is 2.81. The number of ether oxygens (including phenoxy) is 1. The molecule has 10 heteroatoms. The third-order valence-electron chi connectivity index (χ3n) is 5.00. The molecule has 31 heavy (non-hydrogen) atoms. The number of para-hydroxylation sites is 1. The number of carbonyl (C=O) groups excluding carboxylic acids is 3. The van der Waals surface area contributed by atoms with Gasteiger partial charge in [0.2, 0.25) is 5.91 Å². The molecule has 1 aromatic heterocycles. The van der Waals surface area contributed by atoms with Gasteiger partial charge in [0.05, 0.1) is 17.0 Å². The Morgan fingerprint density at radius 2 is 1.90 bits per heavy atom. The van der Waals surface area contributed by atoms with Gasteiger partial charge in [0.25, 0.3) is 11.8 Å². The lowest BCUT2D eigenvalue weighted by molar-refractivity contribution is -0.127. The third-order valence-corrected chi connectivity index (χ3v) is 5.00. The molecule has 0 spiro atoms. The van der Waals surface area contributed by atoms with E-state index in [1.54, 1.807) is 26.0 Å². The summed E-state index contributed by atoms with van der Waals surface area (Å²) in [6.07, 6.45) is 1.07. The maximum Gasteiger partial charge on any atom is 0.387 e. The molecular weight excluding hydrogens is 412 g/mol. The minimum Gasteiger partial charge on any atom is -0.466 e. The minimum atomic E-state index is -3.06. The minimum absolute atomic E-state index is 0.00274. The molecule has 0 aliphatic carbocycles. The summed E-state index contributed by atoms with van der Waals surface area (Å²) in [6.45, 7) is 0.767. The Morgan fingerprint density at radius 3 is 2.58 bits per heavy atom. The van der Waals surface area contributed by atoms with Gasteiger partial charge in [-0.3, -0.25) is 25.2 Å². The summed E-state index contributed by atoms with van der Waals surface area (Å²) in [5.74, 6) is -1.22. The van der Waals surface area contributed by atoms with Crippen LogP contribution in [0, 0.1) is 19.8 Å². The van der Waals surface area contributed by atoms with Gasteiger partial charge in [0.15, 0.2) is 0 Å². The Hall–Kier alpha value is -3.43. The number of hydrazine groups is 1. The number of piperidine rings is 1. The molecule has 2 aromatic rings. The fourth-order valence-corrected chi connectivity index (χ4v) is 3.53. The van der Waals surface area contributed by atoms with Gasteiger partial charge in [-0.1, -0.05) is 12.1 Å². The van der Waals surface area contributed by atoms with Crippen molar-refractivity contribution in [1.29, 1.82) is 0 Å². The highest BCUT2D eigenvalue weighted by Crippen LogP contribution is 2.25. The van der Waals surface area contributed by atoms with Crippen LogP contribution in [0.3, 0.4) is 0 Å². The van der Waals surface area contributed by atoms with E-state index in [1.165, 1.54) is 23.1 Å². The highest BCUT2D eigenvalue weighted by Gasteiger charge is 2.30. The Morgan fingerprint density at radius 1 is 1.16 bits per heavy atom. The van der Waals surface area contributed by atoms with E-state index >= 15 is 0 Å². The fourth-order valence-electron chi connectivity index (χ4n) is 3.53. The van der Waals surface area contributed by atoms with Crippen LogP contribution in [0.25, 0.3) is 0 Å². The van der Waals surface area contributed by atoms with Gasteiger partial charge in [-0.2, -0.15) is 8.78 Å². The third kappa shape index (κ3) is 5.39. The summed E-state index contributed by atoms with van der Waals surface area (Å²) >= 11 is 0. The number of alkyl halides is 2. The second kappa shape index (κ2) is 9.59. The van der Waals surface area contributed by atoms with E-state index in [0.717, 1.165) is 0 Å². The van der Waals surface area contributed by atoms with Crippen molar-refractivity contribution in [2.45, 2.75) is 33.3 Å². The first kappa shape index (κ1) is 22.3. The van der Waals surface area contributed by atoms with Crippen molar-refractivity contribution in [3.63, 3.8) is 0 Å². The van der Waals surface area contributed by atoms with E-state index in [1.807, 2.05) is 0 Å². The summed E-state index contributed by atoms with van der Waals surface area (Å²) in [6, 6.07) is 7.31. The molecule has 0 bridgehead atoms. The number of hydrogen-bond donors (Lipinski definition) is 2. The first-order valence-electron chi connectivity index (χ1n) is 9.76. The molecule has 1 atom stereocenters. The highest BCUT2D eigenvalue weighted by molar-refractivity contribution is 5.98. The summed E-state index contributed by atoms with van der Waals surface area (Å²) in [4.78, 5) is 39.0. The van der Waals surface area contributed by atoms with E-state index in [9.17, 15) is 23.2 Å². The molecule has 0 saturated carbocycles. The molecule has 166 valence electrons. The maximum atomic E-state index is 12.9. The molecule has 1 aliphatic heterocycles. The van der Waals surface area contributed by atoms with Crippen molar-refractivity contribution in [2.75, 3.05) is 13.1 Å². The lowest BCUT2D eigenvalue weighted by atomic mass is 9.96. The Labute approximate surface area is 177 Å². The Balaban J connectivity index is 1.61. The Kier molecular flexibility index (Phi) is 6.88. The molecule has 1 fully saturated rings. The molecule has 1 aromatic carbocycles. The van der Waals surface area contributed by atoms with Crippen molar-refractivity contribution in [3.8, 4) is 5.75 Å². The summed E-state index contributed by atoms with van der Waals surface area (Å²) < 4.78 is 35.0. The lowest BCUT2D eigenvalue weighted by Crippen LogP contribution is -2.50. The van der Waals surface area contributed by atoms with Crippen molar-refractivity contribution in [3.05, 3.63) is 53.0 Å². The van der Waals surface area contributed by atoms with Crippen LogP contribution >= 0.6 is 0 Å². The highest BCUT2D eigenvalue weighted by atomic mass is 19.3. The molecule has 3 amide bonds. The number of likely N-dealkylation sites (tertiary alicyclic amines) is 1. The van der Waals surface area contributed by atoms with Crippen LogP contribution in [-0.4, -0.2) is 42.3 Å². The van der Waals surface area contributed by atoms with Crippen LogP contribution in [0.5, 0.6) is 5.75 Å².